The van der Waals surface area contributed by atoms with E-state index in [-0.39, 0.29) is 30.5 Å². The maximum Gasteiger partial charge on any atom is 0.259 e. The van der Waals surface area contributed by atoms with Crippen LogP contribution in [-0.4, -0.2) is 93.2 Å². The van der Waals surface area contributed by atoms with E-state index in [1.165, 1.54) is 70.6 Å². The van der Waals surface area contributed by atoms with Crippen molar-refractivity contribution in [2.45, 2.75) is 162 Å². The number of carbonyl (C=O) groups excluding carboxylic acids is 2. The van der Waals surface area contributed by atoms with Gasteiger partial charge in [0, 0.05) is 38.6 Å². The Balaban J connectivity index is 3.70. The van der Waals surface area contributed by atoms with Crippen LogP contribution in [0.15, 0.2) is 0 Å². The summed E-state index contributed by atoms with van der Waals surface area (Å²) in [5, 5.41) is 11.8. The predicted molar refractivity (Wildman–Crippen MR) is 198 cm³/mol. The highest BCUT2D eigenvalue weighted by Gasteiger charge is 2.26. The summed E-state index contributed by atoms with van der Waals surface area (Å²) in [7, 11) is 0.586. The van der Waals surface area contributed by atoms with Crippen molar-refractivity contribution in [1.29, 1.82) is 5.26 Å². The number of hydrogen-bond donors (Lipinski definition) is 1. The molecule has 0 aromatic carbocycles. The molecular formula is C37H73N4O6P. The quantitative estimate of drug-likeness (QED) is 0.0517. The zero-order valence-electron chi connectivity index (χ0n) is 31.8. The minimum absolute atomic E-state index is 0.0312. The molecule has 0 fully saturated rings. The van der Waals surface area contributed by atoms with E-state index in [9.17, 15) is 9.59 Å². The van der Waals surface area contributed by atoms with Crippen LogP contribution in [0.4, 0.5) is 0 Å². The van der Waals surface area contributed by atoms with Crippen LogP contribution in [0.5, 0.6) is 0 Å². The third-order valence-corrected chi connectivity index (χ3v) is 10.2. The van der Waals surface area contributed by atoms with Gasteiger partial charge in [0.05, 0.1) is 45.5 Å². The summed E-state index contributed by atoms with van der Waals surface area (Å²) in [6.07, 6.45) is 20.5. The van der Waals surface area contributed by atoms with Gasteiger partial charge in [-0.05, 0) is 53.4 Å². The third kappa shape index (κ3) is 28.5. The van der Waals surface area contributed by atoms with Crippen LogP contribution >= 0.6 is 8.53 Å². The van der Waals surface area contributed by atoms with Gasteiger partial charge in [0.15, 0.2) is 0 Å². The van der Waals surface area contributed by atoms with E-state index in [4.69, 9.17) is 23.8 Å². The SMILES string of the molecule is CCCCCCCCCCCCCCCC(=O)NCCOCCOCC(=O)N(C)CCCCCOP(OCCC#N)N(C(C)C)C(C)C. The molecule has 0 spiro atoms. The van der Waals surface area contributed by atoms with Gasteiger partial charge in [-0.2, -0.15) is 5.26 Å². The summed E-state index contributed by atoms with van der Waals surface area (Å²) in [6.45, 7) is 14.1. The number of amides is 2. The molecule has 1 N–H and O–H groups in total. The minimum atomic E-state index is -1.21. The first-order valence-electron chi connectivity index (χ1n) is 19.1. The van der Waals surface area contributed by atoms with Crippen molar-refractivity contribution in [1.82, 2.24) is 14.9 Å². The van der Waals surface area contributed by atoms with E-state index in [2.05, 4.69) is 50.7 Å². The normalized spacial score (nSPS) is 12.2. The lowest BCUT2D eigenvalue weighted by Gasteiger charge is -2.35. The molecule has 0 bridgehead atoms. The van der Waals surface area contributed by atoms with Crippen LogP contribution in [0.2, 0.25) is 0 Å². The maximum atomic E-state index is 12.4. The third-order valence-electron chi connectivity index (χ3n) is 8.10. The summed E-state index contributed by atoms with van der Waals surface area (Å²) >= 11 is 0. The van der Waals surface area contributed by atoms with Gasteiger partial charge in [-0.1, -0.05) is 84.0 Å². The van der Waals surface area contributed by atoms with E-state index < -0.39 is 8.53 Å². The van der Waals surface area contributed by atoms with Crippen LogP contribution in [-0.2, 0) is 28.1 Å². The molecule has 0 rings (SSSR count). The Morgan fingerprint density at radius 3 is 1.83 bits per heavy atom. The first-order chi connectivity index (χ1) is 23.2. The standard InChI is InChI=1S/C37H73N4O6P/c1-7-8-9-10-11-12-13-14-15-16-17-18-20-24-36(42)39-26-30-44-31-32-45-33-37(43)40(6)27-21-19-22-28-46-48(47-29-23-25-38)41(34(2)3)35(4)5/h34-35H,7-24,26-33H2,1-6H3,(H,39,42). The Morgan fingerprint density at radius 2 is 1.25 bits per heavy atom. The van der Waals surface area contributed by atoms with Gasteiger partial charge in [-0.25, -0.2) is 4.67 Å². The molecule has 0 aliphatic heterocycles. The molecule has 0 aliphatic carbocycles. The molecular weight excluding hydrogens is 627 g/mol. The molecule has 0 aliphatic rings. The lowest BCUT2D eigenvalue weighted by atomic mass is 10.0. The molecule has 0 aromatic heterocycles. The van der Waals surface area contributed by atoms with E-state index in [1.807, 2.05) is 0 Å². The van der Waals surface area contributed by atoms with Crippen molar-refractivity contribution in [2.75, 3.05) is 59.8 Å². The summed E-state index contributed by atoms with van der Waals surface area (Å²) in [6, 6.07) is 2.68. The van der Waals surface area contributed by atoms with Gasteiger partial charge in [0.25, 0.3) is 8.53 Å². The van der Waals surface area contributed by atoms with Gasteiger partial charge in [-0.3, -0.25) is 9.59 Å². The number of nitrogens with zero attached hydrogens (tertiary/aromatic N) is 3. The second-order valence-corrected chi connectivity index (χ2v) is 14.7. The molecule has 2 amide bonds. The second kappa shape index (κ2) is 34.1. The summed E-state index contributed by atoms with van der Waals surface area (Å²) in [4.78, 5) is 26.1. The van der Waals surface area contributed by atoms with Crippen LogP contribution in [0, 0.1) is 11.3 Å². The molecule has 0 radical (unpaired) electrons. The lowest BCUT2D eigenvalue weighted by molar-refractivity contribution is -0.135. The average molecular weight is 701 g/mol. The average Bonchev–Trinajstić information content (AvgIpc) is 3.05. The highest BCUT2D eigenvalue weighted by Crippen LogP contribution is 2.46. The predicted octanol–water partition coefficient (Wildman–Crippen LogP) is 8.54. The second-order valence-electron chi connectivity index (χ2n) is 13.3. The van der Waals surface area contributed by atoms with E-state index in [1.54, 1.807) is 11.9 Å². The first-order valence-corrected chi connectivity index (χ1v) is 20.2. The molecule has 1 unspecified atom stereocenters. The summed E-state index contributed by atoms with van der Waals surface area (Å²) < 4.78 is 25.3. The number of unbranched alkanes of at least 4 members (excludes halogenated alkanes) is 14. The van der Waals surface area contributed by atoms with Gasteiger partial charge in [0.2, 0.25) is 11.8 Å². The van der Waals surface area contributed by atoms with Crippen LogP contribution < -0.4 is 5.32 Å². The number of ether oxygens (including phenoxy) is 2. The monoisotopic (exact) mass is 701 g/mol. The molecule has 282 valence electrons. The number of nitrogens with one attached hydrogen (secondary N) is 1. The molecule has 11 heteroatoms. The Labute approximate surface area is 296 Å². The molecule has 0 saturated carbocycles. The van der Waals surface area contributed by atoms with Crippen LogP contribution in [0.3, 0.4) is 0 Å². The van der Waals surface area contributed by atoms with Gasteiger partial charge in [0.1, 0.15) is 6.61 Å². The number of likely N-dealkylation sites (N-methyl/N-ethyl adjacent to an activating group) is 1. The first kappa shape index (κ1) is 46.7. The van der Waals surface area contributed by atoms with Crippen molar-refractivity contribution in [3.05, 3.63) is 0 Å². The molecule has 1 atom stereocenters. The summed E-state index contributed by atoms with van der Waals surface area (Å²) in [5.41, 5.74) is 0. The molecule has 0 aromatic rings. The molecule has 0 heterocycles. The summed E-state index contributed by atoms with van der Waals surface area (Å²) in [5.74, 6) is 0.0414. The van der Waals surface area contributed by atoms with Crippen molar-refractivity contribution >= 4 is 20.3 Å². The zero-order chi connectivity index (χ0) is 35.7. The molecule has 0 saturated heterocycles. The Morgan fingerprint density at radius 1 is 0.708 bits per heavy atom. The number of rotatable bonds is 35. The topological polar surface area (TPSA) is 113 Å². The number of nitriles is 1. The van der Waals surface area contributed by atoms with Crippen molar-refractivity contribution < 1.29 is 28.1 Å². The van der Waals surface area contributed by atoms with Gasteiger partial charge < -0.3 is 28.7 Å². The van der Waals surface area contributed by atoms with Crippen molar-refractivity contribution in [2.24, 2.45) is 0 Å². The molecule has 48 heavy (non-hydrogen) atoms. The Hall–Kier alpha value is -1.34. The van der Waals surface area contributed by atoms with Crippen LogP contribution in [0.25, 0.3) is 0 Å². The minimum Gasteiger partial charge on any atom is -0.377 e. The number of carbonyl (C=O) groups is 2. The number of hydrogen-bond acceptors (Lipinski definition) is 8. The maximum absolute atomic E-state index is 12.4. The Kier molecular flexibility index (Phi) is 33.2. The fourth-order valence-corrected chi connectivity index (χ4v) is 6.98. The van der Waals surface area contributed by atoms with Crippen LogP contribution in [0.1, 0.15) is 150 Å². The van der Waals surface area contributed by atoms with Gasteiger partial charge in [-0.15, -0.1) is 0 Å². The smallest absolute Gasteiger partial charge is 0.259 e. The van der Waals surface area contributed by atoms with E-state index in [0.29, 0.717) is 59.0 Å². The zero-order valence-corrected chi connectivity index (χ0v) is 32.7. The van der Waals surface area contributed by atoms with E-state index in [0.717, 1.165) is 32.1 Å². The Bertz CT molecular complexity index is 790. The van der Waals surface area contributed by atoms with E-state index >= 15 is 0 Å². The fourth-order valence-electron chi connectivity index (χ4n) is 5.35. The lowest BCUT2D eigenvalue weighted by Crippen LogP contribution is -2.33. The molecule has 10 nitrogen and oxygen atoms in total. The van der Waals surface area contributed by atoms with Crippen molar-refractivity contribution in [3.8, 4) is 6.07 Å². The highest BCUT2D eigenvalue weighted by molar-refractivity contribution is 7.44. The highest BCUT2D eigenvalue weighted by atomic mass is 31.2. The fraction of sp³-hybridized carbons (Fsp3) is 0.919. The van der Waals surface area contributed by atoms with Gasteiger partial charge >= 0.3 is 0 Å². The largest absolute Gasteiger partial charge is 0.377 e. The van der Waals surface area contributed by atoms with Crippen molar-refractivity contribution in [3.63, 3.8) is 0 Å².